The number of nitrogens with zero attached hydrogens (tertiary/aromatic N) is 1. The van der Waals surface area contributed by atoms with Gasteiger partial charge in [-0.15, -0.1) is 0 Å². The molecule has 9 heavy (non-hydrogen) atoms. The Morgan fingerprint density at radius 2 is 2.56 bits per heavy atom. The van der Waals surface area contributed by atoms with Gasteiger partial charge in [0.25, 0.3) is 0 Å². The van der Waals surface area contributed by atoms with Gasteiger partial charge in [0.05, 0.1) is 0 Å². The maximum atomic E-state index is 4.79. The van der Waals surface area contributed by atoms with Gasteiger partial charge in [0.1, 0.15) is 0 Å². The molecule has 0 aromatic carbocycles. The standard InChI is InChI=1S/C7H13NS/c1-8-5-2-3-7(8)4-6-9/h6-7H,2-5H2,1H3. The van der Waals surface area contributed by atoms with Crippen molar-refractivity contribution in [1.29, 1.82) is 0 Å². The van der Waals surface area contributed by atoms with E-state index in [4.69, 9.17) is 12.2 Å². The summed E-state index contributed by atoms with van der Waals surface area (Å²) in [5, 5.41) is 1.85. The number of likely N-dealkylation sites (tertiary alicyclic amines) is 1. The Balaban J connectivity index is 2.30. The fraction of sp³-hybridized carbons (Fsp3) is 0.857. The van der Waals surface area contributed by atoms with E-state index in [1.165, 1.54) is 19.4 Å². The highest BCUT2D eigenvalue weighted by atomic mass is 32.1. The Labute approximate surface area is 62.0 Å². The topological polar surface area (TPSA) is 3.24 Å². The first-order chi connectivity index (χ1) is 4.34. The molecule has 1 saturated heterocycles. The first-order valence-electron chi connectivity index (χ1n) is 3.48. The number of hydrogen-bond acceptors (Lipinski definition) is 2. The molecule has 52 valence electrons. The highest BCUT2D eigenvalue weighted by Gasteiger charge is 2.18. The molecule has 0 bridgehead atoms. The largest absolute Gasteiger partial charge is 0.303 e. The minimum absolute atomic E-state index is 0.752. The summed E-state index contributed by atoms with van der Waals surface area (Å²) in [5.41, 5.74) is 0. The van der Waals surface area contributed by atoms with Crippen LogP contribution in [0.1, 0.15) is 19.3 Å². The lowest BCUT2D eigenvalue weighted by Crippen LogP contribution is -2.24. The lowest BCUT2D eigenvalue weighted by Gasteiger charge is -2.16. The second-order valence-corrected chi connectivity index (χ2v) is 3.01. The quantitative estimate of drug-likeness (QED) is 0.538. The Morgan fingerprint density at radius 3 is 3.00 bits per heavy atom. The van der Waals surface area contributed by atoms with Gasteiger partial charge in [-0.2, -0.15) is 0 Å². The van der Waals surface area contributed by atoms with Crippen LogP contribution in [0.4, 0.5) is 0 Å². The van der Waals surface area contributed by atoms with Gasteiger partial charge in [0.15, 0.2) is 0 Å². The van der Waals surface area contributed by atoms with E-state index < -0.39 is 0 Å². The third kappa shape index (κ3) is 1.73. The predicted molar refractivity (Wildman–Crippen MR) is 43.9 cm³/mol. The summed E-state index contributed by atoms with van der Waals surface area (Å²) in [5.74, 6) is 0. The van der Waals surface area contributed by atoms with Crippen molar-refractivity contribution < 1.29 is 0 Å². The summed E-state index contributed by atoms with van der Waals surface area (Å²) in [6.45, 7) is 1.26. The normalized spacial score (nSPS) is 28.8. The van der Waals surface area contributed by atoms with Crippen LogP contribution in [0.25, 0.3) is 0 Å². The van der Waals surface area contributed by atoms with Gasteiger partial charge in [-0.3, -0.25) is 0 Å². The molecule has 1 nitrogen and oxygen atoms in total. The molecule has 0 spiro atoms. The molecule has 1 aliphatic rings. The summed E-state index contributed by atoms with van der Waals surface area (Å²) in [4.78, 5) is 2.39. The molecule has 1 unspecified atom stereocenters. The van der Waals surface area contributed by atoms with Crippen molar-refractivity contribution in [2.75, 3.05) is 13.6 Å². The van der Waals surface area contributed by atoms with E-state index in [-0.39, 0.29) is 0 Å². The molecule has 0 radical (unpaired) electrons. The van der Waals surface area contributed by atoms with Crippen molar-refractivity contribution in [3.8, 4) is 0 Å². The van der Waals surface area contributed by atoms with Crippen LogP contribution in [0, 0.1) is 0 Å². The minimum atomic E-state index is 0.752. The Hall–Kier alpha value is 0.0500. The molecular weight excluding hydrogens is 130 g/mol. The number of thiocarbonyl (C=S) groups is 1. The van der Waals surface area contributed by atoms with E-state index in [1.54, 1.807) is 0 Å². The monoisotopic (exact) mass is 143 g/mol. The Bertz CT molecular complexity index is 103. The molecule has 0 aromatic rings. The molecule has 0 aliphatic carbocycles. The van der Waals surface area contributed by atoms with Gasteiger partial charge >= 0.3 is 0 Å². The highest BCUT2D eigenvalue weighted by molar-refractivity contribution is 7.78. The second kappa shape index (κ2) is 3.28. The lowest BCUT2D eigenvalue weighted by molar-refractivity contribution is 0.320. The van der Waals surface area contributed by atoms with Crippen LogP contribution in [0.5, 0.6) is 0 Å². The Morgan fingerprint density at radius 1 is 1.78 bits per heavy atom. The van der Waals surface area contributed by atoms with Crippen LogP contribution in [-0.2, 0) is 0 Å². The summed E-state index contributed by atoms with van der Waals surface area (Å²) in [6.07, 6.45) is 3.78. The van der Waals surface area contributed by atoms with Crippen molar-refractivity contribution in [3.63, 3.8) is 0 Å². The van der Waals surface area contributed by atoms with Crippen LogP contribution >= 0.6 is 12.2 Å². The predicted octanol–water partition coefficient (Wildman–Crippen LogP) is 1.47. The molecule has 1 heterocycles. The van der Waals surface area contributed by atoms with Gasteiger partial charge in [-0.05, 0) is 38.2 Å². The van der Waals surface area contributed by atoms with Crippen molar-refractivity contribution >= 4 is 17.6 Å². The van der Waals surface area contributed by atoms with Gasteiger partial charge in [0, 0.05) is 6.04 Å². The van der Waals surface area contributed by atoms with Crippen molar-refractivity contribution in [3.05, 3.63) is 0 Å². The van der Waals surface area contributed by atoms with Crippen molar-refractivity contribution in [2.24, 2.45) is 0 Å². The van der Waals surface area contributed by atoms with Gasteiger partial charge in [-0.25, -0.2) is 0 Å². The zero-order valence-corrected chi connectivity index (χ0v) is 6.66. The summed E-state index contributed by atoms with van der Waals surface area (Å²) < 4.78 is 0. The maximum absolute atomic E-state index is 4.79. The first-order valence-corrected chi connectivity index (χ1v) is 3.95. The van der Waals surface area contributed by atoms with Crippen LogP contribution in [0.3, 0.4) is 0 Å². The van der Waals surface area contributed by atoms with E-state index in [2.05, 4.69) is 11.9 Å². The molecule has 2 heteroatoms. The van der Waals surface area contributed by atoms with E-state index in [0.717, 1.165) is 12.5 Å². The van der Waals surface area contributed by atoms with Gasteiger partial charge < -0.3 is 4.90 Å². The van der Waals surface area contributed by atoms with Gasteiger partial charge in [0.2, 0.25) is 0 Å². The number of hydrogen-bond donors (Lipinski definition) is 0. The summed E-state index contributed by atoms with van der Waals surface area (Å²) in [7, 11) is 2.18. The third-order valence-corrected chi connectivity index (χ3v) is 2.23. The van der Waals surface area contributed by atoms with Gasteiger partial charge in [-0.1, -0.05) is 12.2 Å². The highest BCUT2D eigenvalue weighted by Crippen LogP contribution is 2.16. The van der Waals surface area contributed by atoms with E-state index in [9.17, 15) is 0 Å². The Kier molecular flexibility index (Phi) is 2.61. The second-order valence-electron chi connectivity index (χ2n) is 2.68. The van der Waals surface area contributed by atoms with E-state index in [1.807, 2.05) is 5.37 Å². The molecule has 0 N–H and O–H groups in total. The molecule has 0 saturated carbocycles. The molecule has 1 aliphatic heterocycles. The molecule has 0 amide bonds. The van der Waals surface area contributed by atoms with Crippen LogP contribution < -0.4 is 0 Å². The van der Waals surface area contributed by atoms with Crippen LogP contribution in [0.15, 0.2) is 0 Å². The van der Waals surface area contributed by atoms with Crippen LogP contribution in [-0.4, -0.2) is 29.9 Å². The molecule has 1 fully saturated rings. The minimum Gasteiger partial charge on any atom is -0.303 e. The van der Waals surface area contributed by atoms with E-state index >= 15 is 0 Å². The molecular formula is C7H13NS. The average Bonchev–Trinajstić information content (AvgIpc) is 2.18. The lowest BCUT2D eigenvalue weighted by atomic mass is 10.2. The van der Waals surface area contributed by atoms with E-state index in [0.29, 0.717) is 0 Å². The maximum Gasteiger partial charge on any atom is 0.0135 e. The molecule has 1 rings (SSSR count). The fourth-order valence-corrected chi connectivity index (χ4v) is 1.61. The zero-order valence-electron chi connectivity index (χ0n) is 5.84. The average molecular weight is 143 g/mol. The number of rotatable bonds is 2. The summed E-state index contributed by atoms with van der Waals surface area (Å²) in [6, 6.07) is 0.752. The molecule has 0 aromatic heterocycles. The zero-order chi connectivity index (χ0) is 6.69. The fourth-order valence-electron chi connectivity index (χ4n) is 1.39. The van der Waals surface area contributed by atoms with Crippen molar-refractivity contribution in [2.45, 2.75) is 25.3 Å². The SMILES string of the molecule is CN1CCCC1CC=S. The first kappa shape index (κ1) is 7.16. The van der Waals surface area contributed by atoms with Crippen molar-refractivity contribution in [1.82, 2.24) is 4.90 Å². The van der Waals surface area contributed by atoms with Crippen LogP contribution in [0.2, 0.25) is 0 Å². The smallest absolute Gasteiger partial charge is 0.0135 e. The molecule has 1 atom stereocenters. The third-order valence-electron chi connectivity index (χ3n) is 2.04. The summed E-state index contributed by atoms with van der Waals surface area (Å²) >= 11 is 4.79.